The van der Waals surface area contributed by atoms with Gasteiger partial charge < -0.3 is 24.4 Å². The van der Waals surface area contributed by atoms with E-state index in [1.807, 2.05) is 18.2 Å². The molecule has 1 amide bonds. The minimum absolute atomic E-state index is 0.0922. The summed E-state index contributed by atoms with van der Waals surface area (Å²) in [6.45, 7) is 6.14. The van der Waals surface area contributed by atoms with Gasteiger partial charge in [-0.1, -0.05) is 22.0 Å². The van der Waals surface area contributed by atoms with E-state index in [4.69, 9.17) is 14.2 Å². The van der Waals surface area contributed by atoms with Crippen LogP contribution < -0.4 is 24.4 Å². The molecule has 8 heteroatoms. The molecular formula is C22H24BrN3O4. The molecule has 0 unspecified atom stereocenters. The first kappa shape index (κ1) is 19.5. The lowest BCUT2D eigenvalue weighted by molar-refractivity contribution is -0.118. The van der Waals surface area contributed by atoms with Crippen molar-refractivity contribution in [2.75, 3.05) is 62.8 Å². The lowest BCUT2D eigenvalue weighted by Crippen LogP contribution is -2.47. The first-order valence-corrected chi connectivity index (χ1v) is 11.1. The highest BCUT2D eigenvalue weighted by molar-refractivity contribution is 9.10. The third kappa shape index (κ3) is 4.06. The van der Waals surface area contributed by atoms with Crippen LogP contribution in [-0.2, 0) is 11.2 Å². The standard InChI is InChI=1S/C22H24BrN3O4/c23-16-12-18(22-20(13-16)28-9-10-29-22)26-7-5-25(6-8-26)4-3-15-1-2-19-17(11-15)24-21(27)14-30-19/h1-2,11-13H,3-10,14H2,(H,24,27). The fourth-order valence-electron chi connectivity index (χ4n) is 4.12. The van der Waals surface area contributed by atoms with Crippen LogP contribution in [0.3, 0.4) is 0 Å². The van der Waals surface area contributed by atoms with Crippen LogP contribution >= 0.6 is 15.9 Å². The van der Waals surface area contributed by atoms with E-state index in [2.05, 4.69) is 43.2 Å². The predicted molar refractivity (Wildman–Crippen MR) is 118 cm³/mol. The summed E-state index contributed by atoms with van der Waals surface area (Å²) >= 11 is 3.59. The third-order valence-corrected chi connectivity index (χ3v) is 6.15. The number of ether oxygens (including phenoxy) is 3. The fourth-order valence-corrected chi connectivity index (χ4v) is 4.55. The van der Waals surface area contributed by atoms with E-state index in [-0.39, 0.29) is 12.5 Å². The number of benzene rings is 2. The molecule has 0 aliphatic carbocycles. The maximum atomic E-state index is 11.5. The number of carbonyl (C=O) groups excluding carboxylic acids is 1. The number of nitrogens with zero attached hydrogens (tertiary/aromatic N) is 2. The second-order valence-electron chi connectivity index (χ2n) is 7.70. The van der Waals surface area contributed by atoms with E-state index >= 15 is 0 Å². The van der Waals surface area contributed by atoms with Crippen LogP contribution in [0.1, 0.15) is 5.56 Å². The van der Waals surface area contributed by atoms with Crippen LogP contribution in [0.25, 0.3) is 0 Å². The maximum absolute atomic E-state index is 11.5. The van der Waals surface area contributed by atoms with Crippen LogP contribution in [0.15, 0.2) is 34.8 Å². The van der Waals surface area contributed by atoms with Crippen molar-refractivity contribution in [1.29, 1.82) is 0 Å². The Kier molecular flexibility index (Phi) is 5.43. The van der Waals surface area contributed by atoms with Crippen molar-refractivity contribution in [1.82, 2.24) is 4.90 Å². The molecule has 2 aromatic carbocycles. The number of fused-ring (bicyclic) bond motifs is 2. The van der Waals surface area contributed by atoms with Gasteiger partial charge in [-0.2, -0.15) is 0 Å². The molecule has 30 heavy (non-hydrogen) atoms. The molecule has 0 saturated carbocycles. The average molecular weight is 474 g/mol. The number of piperazine rings is 1. The molecule has 1 saturated heterocycles. The molecular weight excluding hydrogens is 450 g/mol. The summed E-state index contributed by atoms with van der Waals surface area (Å²) in [4.78, 5) is 16.4. The topological polar surface area (TPSA) is 63.3 Å². The van der Waals surface area contributed by atoms with E-state index in [1.54, 1.807) is 0 Å². The average Bonchev–Trinajstić information content (AvgIpc) is 2.77. The second-order valence-corrected chi connectivity index (χ2v) is 8.61. The predicted octanol–water partition coefficient (Wildman–Crippen LogP) is 2.92. The Morgan fingerprint density at radius 1 is 0.967 bits per heavy atom. The zero-order valence-electron chi connectivity index (χ0n) is 16.7. The number of rotatable bonds is 4. The number of nitrogens with one attached hydrogen (secondary N) is 1. The van der Waals surface area contributed by atoms with Crippen LogP contribution in [0.2, 0.25) is 0 Å². The van der Waals surface area contributed by atoms with Gasteiger partial charge in [-0.15, -0.1) is 0 Å². The molecule has 3 aliphatic heterocycles. The molecule has 5 rings (SSSR count). The van der Waals surface area contributed by atoms with Crippen LogP contribution in [0.5, 0.6) is 17.2 Å². The number of amides is 1. The smallest absolute Gasteiger partial charge is 0.262 e. The van der Waals surface area contributed by atoms with Gasteiger partial charge in [0.1, 0.15) is 19.0 Å². The Bertz CT molecular complexity index is 960. The molecule has 3 aliphatic rings. The number of anilines is 2. The summed E-state index contributed by atoms with van der Waals surface area (Å²) in [6.07, 6.45) is 0.937. The van der Waals surface area contributed by atoms with Gasteiger partial charge in [0, 0.05) is 37.2 Å². The molecule has 1 N–H and O–H groups in total. The van der Waals surface area contributed by atoms with Gasteiger partial charge in [0.2, 0.25) is 0 Å². The summed E-state index contributed by atoms with van der Waals surface area (Å²) in [5, 5.41) is 2.88. The lowest BCUT2D eigenvalue weighted by atomic mass is 10.1. The molecule has 2 aromatic rings. The SMILES string of the molecule is O=C1COc2ccc(CCN3CCN(c4cc(Br)cc5c4OCCO5)CC3)cc2N1. The van der Waals surface area contributed by atoms with Gasteiger partial charge in [-0.25, -0.2) is 0 Å². The minimum atomic E-state index is -0.0973. The highest BCUT2D eigenvalue weighted by Gasteiger charge is 2.24. The lowest BCUT2D eigenvalue weighted by Gasteiger charge is -2.37. The van der Waals surface area contributed by atoms with Gasteiger partial charge in [0.15, 0.2) is 18.1 Å². The largest absolute Gasteiger partial charge is 0.486 e. The van der Waals surface area contributed by atoms with Crippen molar-refractivity contribution in [3.05, 3.63) is 40.4 Å². The second kappa shape index (κ2) is 8.35. The Labute approximate surface area is 184 Å². The van der Waals surface area contributed by atoms with Gasteiger partial charge >= 0.3 is 0 Å². The van der Waals surface area contributed by atoms with Crippen molar-refractivity contribution in [3.63, 3.8) is 0 Å². The molecule has 0 atom stereocenters. The number of hydrogen-bond acceptors (Lipinski definition) is 6. The minimum Gasteiger partial charge on any atom is -0.486 e. The highest BCUT2D eigenvalue weighted by atomic mass is 79.9. The molecule has 158 valence electrons. The summed E-state index contributed by atoms with van der Waals surface area (Å²) in [6, 6.07) is 10.1. The Morgan fingerprint density at radius 2 is 1.80 bits per heavy atom. The van der Waals surface area contributed by atoms with Crippen molar-refractivity contribution >= 4 is 33.2 Å². The van der Waals surface area contributed by atoms with Crippen molar-refractivity contribution in [3.8, 4) is 17.2 Å². The molecule has 0 radical (unpaired) electrons. The highest BCUT2D eigenvalue weighted by Crippen LogP contribution is 2.42. The Hall–Kier alpha value is -2.45. The summed E-state index contributed by atoms with van der Waals surface area (Å²) in [7, 11) is 0. The first-order chi connectivity index (χ1) is 14.7. The molecule has 0 aromatic heterocycles. The van der Waals surface area contributed by atoms with Crippen LogP contribution in [0, 0.1) is 0 Å². The van der Waals surface area contributed by atoms with E-state index in [0.29, 0.717) is 13.2 Å². The normalized spacial score (nSPS) is 18.4. The van der Waals surface area contributed by atoms with Crippen LogP contribution in [-0.4, -0.2) is 63.4 Å². The molecule has 7 nitrogen and oxygen atoms in total. The van der Waals surface area contributed by atoms with Gasteiger partial charge in [0.25, 0.3) is 5.91 Å². The quantitative estimate of drug-likeness (QED) is 0.736. The van der Waals surface area contributed by atoms with Gasteiger partial charge in [-0.05, 0) is 36.2 Å². The number of carbonyl (C=O) groups is 1. The first-order valence-electron chi connectivity index (χ1n) is 10.3. The fraction of sp³-hybridized carbons (Fsp3) is 0.409. The monoisotopic (exact) mass is 473 g/mol. The van der Waals surface area contributed by atoms with Crippen molar-refractivity contribution in [2.45, 2.75) is 6.42 Å². The summed E-state index contributed by atoms with van der Waals surface area (Å²) in [5.41, 5.74) is 3.08. The van der Waals surface area contributed by atoms with Crippen LogP contribution in [0.4, 0.5) is 11.4 Å². The zero-order chi connectivity index (χ0) is 20.5. The van der Waals surface area contributed by atoms with E-state index in [1.165, 1.54) is 5.56 Å². The van der Waals surface area contributed by atoms with E-state index in [0.717, 1.165) is 72.2 Å². The van der Waals surface area contributed by atoms with Gasteiger partial charge in [0.05, 0.1) is 11.4 Å². The molecule has 1 fully saturated rings. The maximum Gasteiger partial charge on any atom is 0.262 e. The van der Waals surface area contributed by atoms with Gasteiger partial charge in [-0.3, -0.25) is 9.69 Å². The number of hydrogen-bond donors (Lipinski definition) is 1. The van der Waals surface area contributed by atoms with E-state index < -0.39 is 0 Å². The Morgan fingerprint density at radius 3 is 2.67 bits per heavy atom. The number of halogens is 1. The molecule has 3 heterocycles. The molecule has 0 spiro atoms. The van der Waals surface area contributed by atoms with Crippen molar-refractivity contribution in [2.24, 2.45) is 0 Å². The summed E-state index contributed by atoms with van der Waals surface area (Å²) in [5.74, 6) is 2.32. The third-order valence-electron chi connectivity index (χ3n) is 5.69. The van der Waals surface area contributed by atoms with Crippen molar-refractivity contribution < 1.29 is 19.0 Å². The Balaban J connectivity index is 1.19. The summed E-state index contributed by atoms with van der Waals surface area (Å²) < 4.78 is 18.1. The zero-order valence-corrected chi connectivity index (χ0v) is 18.2. The van der Waals surface area contributed by atoms with E-state index in [9.17, 15) is 4.79 Å². The molecule has 0 bridgehead atoms.